The second-order valence-electron chi connectivity index (χ2n) is 6.24. The molecule has 0 radical (unpaired) electrons. The Morgan fingerprint density at radius 1 is 1.26 bits per heavy atom. The van der Waals surface area contributed by atoms with Crippen LogP contribution in [0.5, 0.6) is 0 Å². The molecule has 0 aromatic carbocycles. The van der Waals surface area contributed by atoms with Crippen LogP contribution in [-0.2, 0) is 6.54 Å². The number of nitrogens with two attached hydrogens (primary N) is 1. The predicted molar refractivity (Wildman–Crippen MR) is 81.5 cm³/mol. The minimum absolute atomic E-state index is 0.421. The standard InChI is InChI=1S/C16H29N3/c1-4-5-11-19-15(17)14(12(2)3)18-16(19)13-9-7-6-8-10-13/h12-13H,4-11,17H2,1-3H3. The molecule has 3 heteroatoms. The fourth-order valence-electron chi connectivity index (χ4n) is 3.15. The van der Waals surface area contributed by atoms with Crippen molar-refractivity contribution in [2.75, 3.05) is 5.73 Å². The predicted octanol–water partition coefficient (Wildman–Crippen LogP) is 4.44. The molecule has 1 aliphatic rings. The first-order valence-electron chi connectivity index (χ1n) is 8.00. The van der Waals surface area contributed by atoms with Crippen LogP contribution in [0.4, 0.5) is 5.82 Å². The minimum Gasteiger partial charge on any atom is -0.384 e. The van der Waals surface area contributed by atoms with E-state index in [1.807, 2.05) is 0 Å². The summed E-state index contributed by atoms with van der Waals surface area (Å²) < 4.78 is 2.31. The van der Waals surface area contributed by atoms with E-state index >= 15 is 0 Å². The van der Waals surface area contributed by atoms with E-state index in [4.69, 9.17) is 10.7 Å². The maximum atomic E-state index is 6.35. The summed E-state index contributed by atoms with van der Waals surface area (Å²) in [6.45, 7) is 7.64. The van der Waals surface area contributed by atoms with Crippen LogP contribution in [0.2, 0.25) is 0 Å². The third kappa shape index (κ3) is 3.13. The van der Waals surface area contributed by atoms with Gasteiger partial charge in [-0.05, 0) is 25.2 Å². The van der Waals surface area contributed by atoms with Gasteiger partial charge < -0.3 is 10.3 Å². The van der Waals surface area contributed by atoms with Crippen molar-refractivity contribution in [3.8, 4) is 0 Å². The molecule has 0 bridgehead atoms. The van der Waals surface area contributed by atoms with Gasteiger partial charge in [0.25, 0.3) is 0 Å². The Balaban J connectivity index is 2.30. The van der Waals surface area contributed by atoms with Gasteiger partial charge in [-0.3, -0.25) is 0 Å². The Bertz CT molecular complexity index is 400. The topological polar surface area (TPSA) is 43.8 Å². The van der Waals surface area contributed by atoms with Gasteiger partial charge in [-0.1, -0.05) is 46.5 Å². The molecule has 0 unspecified atom stereocenters. The average Bonchev–Trinajstić information content (AvgIpc) is 2.75. The fourth-order valence-corrected chi connectivity index (χ4v) is 3.15. The number of nitrogens with zero attached hydrogens (tertiary/aromatic N) is 2. The Labute approximate surface area is 117 Å². The molecule has 1 fully saturated rings. The van der Waals surface area contributed by atoms with Crippen LogP contribution in [0.1, 0.15) is 89.1 Å². The summed E-state index contributed by atoms with van der Waals surface area (Å²) in [5, 5.41) is 0. The van der Waals surface area contributed by atoms with Gasteiger partial charge in [0.15, 0.2) is 0 Å². The second kappa shape index (κ2) is 6.44. The quantitative estimate of drug-likeness (QED) is 0.853. The lowest BCUT2D eigenvalue weighted by Gasteiger charge is -2.22. The van der Waals surface area contributed by atoms with Crippen molar-refractivity contribution in [3.05, 3.63) is 11.5 Å². The van der Waals surface area contributed by atoms with E-state index in [2.05, 4.69) is 25.3 Å². The van der Waals surface area contributed by atoms with Crippen LogP contribution in [0, 0.1) is 0 Å². The van der Waals surface area contributed by atoms with Gasteiger partial charge in [0, 0.05) is 12.5 Å². The molecule has 2 N–H and O–H groups in total. The number of hydrogen-bond acceptors (Lipinski definition) is 2. The van der Waals surface area contributed by atoms with Crippen molar-refractivity contribution < 1.29 is 0 Å². The van der Waals surface area contributed by atoms with E-state index in [1.165, 1.54) is 50.8 Å². The number of nitrogen functional groups attached to an aromatic ring is 1. The Kier molecular flexibility index (Phi) is 4.89. The molecular weight excluding hydrogens is 234 g/mol. The maximum Gasteiger partial charge on any atom is 0.127 e. The molecule has 0 amide bonds. The van der Waals surface area contributed by atoms with E-state index in [1.54, 1.807) is 0 Å². The lowest BCUT2D eigenvalue weighted by Crippen LogP contribution is -2.14. The molecule has 0 saturated heterocycles. The van der Waals surface area contributed by atoms with Crippen LogP contribution >= 0.6 is 0 Å². The molecule has 0 spiro atoms. The summed E-state index contributed by atoms with van der Waals surface area (Å²) in [5.74, 6) is 3.25. The normalized spacial score (nSPS) is 17.3. The van der Waals surface area contributed by atoms with Crippen molar-refractivity contribution in [2.24, 2.45) is 0 Å². The van der Waals surface area contributed by atoms with Gasteiger partial charge in [-0.25, -0.2) is 4.98 Å². The highest BCUT2D eigenvalue weighted by molar-refractivity contribution is 5.41. The lowest BCUT2D eigenvalue weighted by atomic mass is 9.88. The van der Waals surface area contributed by atoms with Crippen LogP contribution in [0.15, 0.2) is 0 Å². The molecule has 0 atom stereocenters. The molecule has 19 heavy (non-hydrogen) atoms. The number of rotatable bonds is 5. The lowest BCUT2D eigenvalue weighted by molar-refractivity contribution is 0.413. The third-order valence-corrected chi connectivity index (χ3v) is 4.32. The summed E-state index contributed by atoms with van der Waals surface area (Å²) in [7, 11) is 0. The summed E-state index contributed by atoms with van der Waals surface area (Å²) in [4.78, 5) is 4.92. The molecule has 1 heterocycles. The summed E-state index contributed by atoms with van der Waals surface area (Å²) in [5.41, 5.74) is 7.46. The highest BCUT2D eigenvalue weighted by Gasteiger charge is 2.24. The molecule has 1 saturated carbocycles. The van der Waals surface area contributed by atoms with Crippen molar-refractivity contribution in [2.45, 2.75) is 84.1 Å². The highest BCUT2D eigenvalue weighted by Crippen LogP contribution is 2.35. The van der Waals surface area contributed by atoms with Crippen molar-refractivity contribution in [3.63, 3.8) is 0 Å². The van der Waals surface area contributed by atoms with Gasteiger partial charge in [0.2, 0.25) is 0 Å². The molecular formula is C16H29N3. The summed E-state index contributed by atoms with van der Waals surface area (Å²) in [6.07, 6.45) is 9.07. The SMILES string of the molecule is CCCCn1c(C2CCCCC2)nc(C(C)C)c1N. The molecule has 1 aromatic heterocycles. The van der Waals surface area contributed by atoms with Gasteiger partial charge in [-0.15, -0.1) is 0 Å². The number of aromatic nitrogens is 2. The second-order valence-corrected chi connectivity index (χ2v) is 6.24. The largest absolute Gasteiger partial charge is 0.384 e. The third-order valence-electron chi connectivity index (χ3n) is 4.32. The summed E-state index contributed by atoms with van der Waals surface area (Å²) in [6, 6.07) is 0. The molecule has 108 valence electrons. The number of unbranched alkanes of at least 4 members (excludes halogenated alkanes) is 1. The van der Waals surface area contributed by atoms with Gasteiger partial charge in [0.05, 0.1) is 5.69 Å². The zero-order valence-corrected chi connectivity index (χ0v) is 12.8. The van der Waals surface area contributed by atoms with Crippen LogP contribution in [-0.4, -0.2) is 9.55 Å². The van der Waals surface area contributed by atoms with Gasteiger partial charge >= 0.3 is 0 Å². The number of anilines is 1. The van der Waals surface area contributed by atoms with Crippen LogP contribution in [0.3, 0.4) is 0 Å². The van der Waals surface area contributed by atoms with Crippen molar-refractivity contribution >= 4 is 5.82 Å². The van der Waals surface area contributed by atoms with Gasteiger partial charge in [-0.2, -0.15) is 0 Å². The fraction of sp³-hybridized carbons (Fsp3) is 0.812. The highest BCUT2D eigenvalue weighted by atomic mass is 15.1. The first-order chi connectivity index (χ1) is 9.15. The van der Waals surface area contributed by atoms with Crippen molar-refractivity contribution in [1.82, 2.24) is 9.55 Å². The summed E-state index contributed by atoms with van der Waals surface area (Å²) >= 11 is 0. The Hall–Kier alpha value is -0.990. The van der Waals surface area contributed by atoms with E-state index in [9.17, 15) is 0 Å². The molecule has 2 rings (SSSR count). The molecule has 1 aliphatic carbocycles. The molecule has 1 aromatic rings. The zero-order valence-electron chi connectivity index (χ0n) is 12.8. The van der Waals surface area contributed by atoms with E-state index in [0.29, 0.717) is 11.8 Å². The first-order valence-corrected chi connectivity index (χ1v) is 8.00. The maximum absolute atomic E-state index is 6.35. The average molecular weight is 263 g/mol. The Morgan fingerprint density at radius 2 is 1.95 bits per heavy atom. The van der Waals surface area contributed by atoms with E-state index in [-0.39, 0.29) is 0 Å². The zero-order chi connectivity index (χ0) is 13.8. The minimum atomic E-state index is 0.421. The number of hydrogen-bond donors (Lipinski definition) is 1. The van der Waals surface area contributed by atoms with E-state index < -0.39 is 0 Å². The Morgan fingerprint density at radius 3 is 2.53 bits per heavy atom. The van der Waals surface area contributed by atoms with Crippen molar-refractivity contribution in [1.29, 1.82) is 0 Å². The monoisotopic (exact) mass is 263 g/mol. The first kappa shape index (κ1) is 14.4. The number of imidazole rings is 1. The van der Waals surface area contributed by atoms with E-state index in [0.717, 1.165) is 18.1 Å². The van der Waals surface area contributed by atoms with Gasteiger partial charge in [0.1, 0.15) is 11.6 Å². The van der Waals surface area contributed by atoms with Crippen LogP contribution in [0.25, 0.3) is 0 Å². The smallest absolute Gasteiger partial charge is 0.127 e. The molecule has 0 aliphatic heterocycles. The molecule has 3 nitrogen and oxygen atoms in total. The van der Waals surface area contributed by atoms with Crippen LogP contribution < -0.4 is 5.73 Å².